The fourth-order valence-electron chi connectivity index (χ4n) is 3.97. The maximum absolute atomic E-state index is 10.8. The van der Waals surface area contributed by atoms with E-state index in [9.17, 15) is 9.59 Å². The summed E-state index contributed by atoms with van der Waals surface area (Å²) >= 11 is 1.58. The van der Waals surface area contributed by atoms with E-state index in [1.165, 1.54) is 0 Å². The van der Waals surface area contributed by atoms with Crippen molar-refractivity contribution in [2.75, 3.05) is 57.6 Å². The second-order valence-electron chi connectivity index (χ2n) is 8.24. The van der Waals surface area contributed by atoms with E-state index in [2.05, 4.69) is 15.9 Å². The number of anilines is 1. The number of carboxylic acid groups (broad SMARTS) is 1. The van der Waals surface area contributed by atoms with E-state index in [0.29, 0.717) is 17.7 Å². The van der Waals surface area contributed by atoms with Crippen LogP contribution in [-0.2, 0) is 9.59 Å². The van der Waals surface area contributed by atoms with Crippen molar-refractivity contribution in [3.05, 3.63) is 53.6 Å². The number of rotatable bonds is 8. The Balaban J connectivity index is 0.000000223. The molecule has 0 radical (unpaired) electrons. The average molecular weight is 500 g/mol. The third-order valence-electron chi connectivity index (χ3n) is 5.91. The Morgan fingerprint density at radius 1 is 1.03 bits per heavy atom. The van der Waals surface area contributed by atoms with E-state index in [4.69, 9.17) is 20.3 Å². The summed E-state index contributed by atoms with van der Waals surface area (Å²) in [7, 11) is 3.29. The number of fused-ring (bicyclic) bond motifs is 1. The number of hydrogen-bond donors (Lipinski definition) is 2. The van der Waals surface area contributed by atoms with Crippen molar-refractivity contribution < 1.29 is 24.2 Å². The molecule has 1 fully saturated rings. The summed E-state index contributed by atoms with van der Waals surface area (Å²) in [5.74, 6) is 1.03. The molecule has 0 spiro atoms. The van der Waals surface area contributed by atoms with Crippen molar-refractivity contribution in [1.29, 1.82) is 0 Å². The molecule has 2 heterocycles. The SMILES string of the molecule is COc1ccc(N2CCN(CCCC(N)=O)CC2)cc1OC.O=C(O)C1=Cc2ccccc2SC1. The standard InChI is InChI=1S/C16H25N3O3.C10H8O2S/c1-21-14-6-5-13(12-15(14)22-2)19-10-8-18(9-11-19)7-3-4-16(17)20;11-10(12)8-5-7-3-1-2-4-9(7)13-6-8/h5-6,12H,3-4,7-11H2,1-2H3,(H2,17,20);1-5H,6H2,(H,11,12). The van der Waals surface area contributed by atoms with Crippen molar-refractivity contribution in [3.8, 4) is 11.5 Å². The summed E-state index contributed by atoms with van der Waals surface area (Å²) in [6.45, 7) is 4.85. The molecule has 4 rings (SSSR count). The summed E-state index contributed by atoms with van der Waals surface area (Å²) in [6.07, 6.45) is 3.05. The number of hydrogen-bond acceptors (Lipinski definition) is 7. The van der Waals surface area contributed by atoms with Crippen molar-refractivity contribution in [1.82, 2.24) is 4.90 Å². The zero-order chi connectivity index (χ0) is 25.2. The molecule has 1 amide bonds. The molecule has 0 aromatic heterocycles. The van der Waals surface area contributed by atoms with Crippen LogP contribution >= 0.6 is 11.8 Å². The van der Waals surface area contributed by atoms with Gasteiger partial charge in [-0.1, -0.05) is 18.2 Å². The Morgan fingerprint density at radius 3 is 2.40 bits per heavy atom. The highest BCUT2D eigenvalue weighted by atomic mass is 32.2. The summed E-state index contributed by atoms with van der Waals surface area (Å²) in [5, 5.41) is 8.78. The molecule has 0 aliphatic carbocycles. The predicted octanol–water partition coefficient (Wildman–Crippen LogP) is 3.35. The molecule has 0 atom stereocenters. The number of methoxy groups -OCH3 is 2. The molecule has 9 heteroatoms. The Kier molecular flexibility index (Phi) is 9.86. The number of amides is 1. The smallest absolute Gasteiger partial charge is 0.332 e. The monoisotopic (exact) mass is 499 g/mol. The number of primary amides is 1. The highest BCUT2D eigenvalue weighted by Crippen LogP contribution is 2.32. The van der Waals surface area contributed by atoms with E-state index < -0.39 is 5.97 Å². The molecular weight excluding hydrogens is 466 g/mol. The van der Waals surface area contributed by atoms with Gasteiger partial charge in [-0.15, -0.1) is 11.8 Å². The third-order valence-corrected chi connectivity index (χ3v) is 7.05. The molecule has 2 aromatic rings. The van der Waals surface area contributed by atoms with E-state index in [-0.39, 0.29) is 5.91 Å². The van der Waals surface area contributed by atoms with Crippen LogP contribution in [0.1, 0.15) is 18.4 Å². The van der Waals surface area contributed by atoms with Gasteiger partial charge in [-0.05, 0) is 42.8 Å². The topological polar surface area (TPSA) is 105 Å². The molecule has 2 aromatic carbocycles. The lowest BCUT2D eigenvalue weighted by Gasteiger charge is -2.36. The van der Waals surface area contributed by atoms with Crippen LogP contribution < -0.4 is 20.1 Å². The summed E-state index contributed by atoms with van der Waals surface area (Å²) in [6, 6.07) is 13.8. The third kappa shape index (κ3) is 7.66. The molecule has 1 saturated heterocycles. The van der Waals surface area contributed by atoms with Gasteiger partial charge < -0.3 is 25.2 Å². The van der Waals surface area contributed by atoms with Crippen molar-refractivity contribution in [3.63, 3.8) is 0 Å². The lowest BCUT2D eigenvalue weighted by molar-refractivity contribution is -0.132. The minimum absolute atomic E-state index is 0.219. The first-order valence-corrected chi connectivity index (χ1v) is 12.5. The van der Waals surface area contributed by atoms with Crippen LogP contribution in [-0.4, -0.2) is 74.6 Å². The number of carboxylic acids is 1. The van der Waals surface area contributed by atoms with Crippen LogP contribution in [0.2, 0.25) is 0 Å². The van der Waals surface area contributed by atoms with Gasteiger partial charge in [0.1, 0.15) is 0 Å². The maximum Gasteiger partial charge on any atom is 0.332 e. The Hall–Kier alpha value is -3.17. The normalized spacial score (nSPS) is 15.3. The molecule has 3 N–H and O–H groups in total. The van der Waals surface area contributed by atoms with Gasteiger partial charge in [-0.2, -0.15) is 0 Å². The molecular formula is C26H33N3O5S. The number of carbonyl (C=O) groups is 2. The molecule has 2 aliphatic heterocycles. The second kappa shape index (κ2) is 13.1. The van der Waals surface area contributed by atoms with Crippen LogP contribution in [0.25, 0.3) is 6.08 Å². The van der Waals surface area contributed by atoms with Gasteiger partial charge in [-0.25, -0.2) is 4.79 Å². The number of nitrogens with zero attached hydrogens (tertiary/aromatic N) is 2. The zero-order valence-corrected chi connectivity index (χ0v) is 21.1. The lowest BCUT2D eigenvalue weighted by atomic mass is 10.1. The molecule has 8 nitrogen and oxygen atoms in total. The quantitative estimate of drug-likeness (QED) is 0.570. The van der Waals surface area contributed by atoms with Gasteiger partial charge in [0.25, 0.3) is 0 Å². The fraction of sp³-hybridized carbons (Fsp3) is 0.385. The number of piperazine rings is 1. The van der Waals surface area contributed by atoms with Crippen LogP contribution in [0.3, 0.4) is 0 Å². The molecule has 0 unspecified atom stereocenters. The van der Waals surface area contributed by atoms with Crippen molar-refractivity contribution in [2.24, 2.45) is 5.73 Å². The molecule has 2 aliphatic rings. The van der Waals surface area contributed by atoms with Crippen molar-refractivity contribution in [2.45, 2.75) is 17.7 Å². The highest BCUT2D eigenvalue weighted by molar-refractivity contribution is 7.99. The number of carbonyl (C=O) groups excluding carboxylic acids is 1. The average Bonchev–Trinajstić information content (AvgIpc) is 2.88. The second-order valence-corrected chi connectivity index (χ2v) is 9.26. The van der Waals surface area contributed by atoms with Crippen LogP contribution in [0.15, 0.2) is 52.9 Å². The van der Waals surface area contributed by atoms with Crippen LogP contribution in [0, 0.1) is 0 Å². The first-order valence-electron chi connectivity index (χ1n) is 11.5. The lowest BCUT2D eigenvalue weighted by Crippen LogP contribution is -2.46. The first kappa shape index (κ1) is 26.4. The minimum atomic E-state index is -0.818. The Bertz CT molecular complexity index is 1050. The molecule has 35 heavy (non-hydrogen) atoms. The summed E-state index contributed by atoms with van der Waals surface area (Å²) in [4.78, 5) is 27.3. The van der Waals surface area contributed by atoms with Crippen LogP contribution in [0.5, 0.6) is 11.5 Å². The van der Waals surface area contributed by atoms with E-state index in [1.807, 2.05) is 36.4 Å². The van der Waals surface area contributed by atoms with Gasteiger partial charge >= 0.3 is 5.97 Å². The zero-order valence-electron chi connectivity index (χ0n) is 20.2. The van der Waals surface area contributed by atoms with Gasteiger partial charge in [0, 0.05) is 60.6 Å². The van der Waals surface area contributed by atoms with Crippen LogP contribution in [0.4, 0.5) is 5.69 Å². The van der Waals surface area contributed by atoms with E-state index in [0.717, 1.165) is 66.8 Å². The highest BCUT2D eigenvalue weighted by Gasteiger charge is 2.18. The first-order chi connectivity index (χ1) is 16.9. The summed E-state index contributed by atoms with van der Waals surface area (Å²) in [5.41, 5.74) is 7.80. The molecule has 188 valence electrons. The minimum Gasteiger partial charge on any atom is -0.493 e. The number of nitrogens with two attached hydrogens (primary N) is 1. The van der Waals surface area contributed by atoms with Gasteiger partial charge in [-0.3, -0.25) is 9.69 Å². The van der Waals surface area contributed by atoms with Gasteiger partial charge in [0.05, 0.1) is 14.2 Å². The number of benzene rings is 2. The molecule has 0 saturated carbocycles. The predicted molar refractivity (Wildman–Crippen MR) is 139 cm³/mol. The fourth-order valence-corrected chi connectivity index (χ4v) is 4.95. The Morgan fingerprint density at radius 2 is 1.74 bits per heavy atom. The van der Waals surface area contributed by atoms with E-state index in [1.54, 1.807) is 32.1 Å². The largest absolute Gasteiger partial charge is 0.493 e. The maximum atomic E-state index is 10.8. The van der Waals surface area contributed by atoms with Crippen molar-refractivity contribution >= 4 is 35.4 Å². The summed E-state index contributed by atoms with van der Waals surface area (Å²) < 4.78 is 10.6. The van der Waals surface area contributed by atoms with Gasteiger partial charge in [0.15, 0.2) is 11.5 Å². The molecule has 0 bridgehead atoms. The van der Waals surface area contributed by atoms with Gasteiger partial charge in [0.2, 0.25) is 5.91 Å². The Labute approximate surface area is 210 Å². The number of thioether (sulfide) groups is 1. The van der Waals surface area contributed by atoms with E-state index >= 15 is 0 Å². The number of aliphatic carboxylic acids is 1. The number of ether oxygens (including phenoxy) is 2.